The number of aromatic nitrogens is 2. The van der Waals surface area contributed by atoms with Crippen LogP contribution in [0.1, 0.15) is 30.7 Å². The van der Waals surface area contributed by atoms with Crippen LogP contribution in [0.3, 0.4) is 0 Å². The maximum Gasteiger partial charge on any atom is 0.392 e. The predicted octanol–water partition coefficient (Wildman–Crippen LogP) is 5.13. The number of nitrogens with one attached hydrogen (secondary N) is 1. The molecule has 198 valence electrons. The molecule has 0 aliphatic heterocycles. The van der Waals surface area contributed by atoms with E-state index < -0.39 is 39.4 Å². The van der Waals surface area contributed by atoms with Gasteiger partial charge in [0.15, 0.2) is 5.82 Å². The molecular weight excluding hydrogens is 530 g/mol. The first-order chi connectivity index (χ1) is 18.0. The summed E-state index contributed by atoms with van der Waals surface area (Å²) in [5.41, 5.74) is -0.381. The first kappa shape index (κ1) is 24.5. The molecule has 0 bridgehead atoms. The van der Waals surface area contributed by atoms with E-state index in [0.717, 1.165) is 23.5 Å². The van der Waals surface area contributed by atoms with E-state index in [4.69, 9.17) is 4.74 Å². The molecule has 0 saturated heterocycles. The second-order valence-corrected chi connectivity index (χ2v) is 11.0. The van der Waals surface area contributed by atoms with Crippen LogP contribution in [0, 0.1) is 11.7 Å². The van der Waals surface area contributed by atoms with Crippen molar-refractivity contribution >= 4 is 26.7 Å². The average Bonchev–Trinajstić information content (AvgIpc) is 3.78. The van der Waals surface area contributed by atoms with Gasteiger partial charge in [-0.1, -0.05) is 5.16 Å². The fourth-order valence-electron chi connectivity index (χ4n) is 4.48. The molecule has 2 aliphatic carbocycles. The molecule has 2 saturated carbocycles. The number of rotatable bonds is 7. The van der Waals surface area contributed by atoms with Gasteiger partial charge in [0.1, 0.15) is 17.8 Å². The summed E-state index contributed by atoms with van der Waals surface area (Å²) < 4.78 is 94.3. The summed E-state index contributed by atoms with van der Waals surface area (Å²) >= 11 is 0. The van der Waals surface area contributed by atoms with Crippen molar-refractivity contribution in [3.05, 3.63) is 76.5 Å². The predicted molar refractivity (Wildman–Crippen MR) is 127 cm³/mol. The lowest BCUT2D eigenvalue weighted by Crippen LogP contribution is -2.20. The zero-order valence-corrected chi connectivity index (χ0v) is 20.2. The molecule has 2 aliphatic rings. The van der Waals surface area contributed by atoms with Crippen LogP contribution in [0.5, 0.6) is 5.75 Å². The van der Waals surface area contributed by atoms with Gasteiger partial charge in [0.05, 0.1) is 28.1 Å². The van der Waals surface area contributed by atoms with Gasteiger partial charge in [0.25, 0.3) is 15.6 Å². The molecular formula is C25H19F4N3O5S. The third-order valence-corrected chi connectivity index (χ3v) is 7.95. The molecule has 2 atom stereocenters. The molecule has 1 N–H and O–H groups in total. The van der Waals surface area contributed by atoms with Crippen LogP contribution >= 0.6 is 0 Å². The van der Waals surface area contributed by atoms with Crippen LogP contribution in [-0.4, -0.2) is 30.4 Å². The van der Waals surface area contributed by atoms with Crippen LogP contribution in [0.4, 0.5) is 23.4 Å². The summed E-state index contributed by atoms with van der Waals surface area (Å²) in [5, 5.41) is 3.86. The van der Waals surface area contributed by atoms with Crippen molar-refractivity contribution in [2.75, 3.05) is 4.72 Å². The molecule has 2 fully saturated rings. The lowest BCUT2D eigenvalue weighted by molar-refractivity contribution is -0.148. The zero-order valence-electron chi connectivity index (χ0n) is 19.4. The molecule has 2 aromatic carbocycles. The molecule has 0 radical (unpaired) electrons. The van der Waals surface area contributed by atoms with Crippen molar-refractivity contribution in [2.45, 2.75) is 42.4 Å². The molecule has 4 aromatic rings. The van der Waals surface area contributed by atoms with Crippen molar-refractivity contribution < 1.29 is 35.2 Å². The first-order valence-electron chi connectivity index (χ1n) is 11.7. The second kappa shape index (κ2) is 8.58. The Hall–Kier alpha value is -3.87. The Kier molecular flexibility index (Phi) is 5.53. The van der Waals surface area contributed by atoms with Gasteiger partial charge in [-0.2, -0.15) is 13.2 Å². The molecule has 2 heterocycles. The monoisotopic (exact) mass is 549 g/mol. The summed E-state index contributed by atoms with van der Waals surface area (Å²) in [7, 11) is -4.05. The maximum absolute atomic E-state index is 15.2. The quantitative estimate of drug-likeness (QED) is 0.321. The van der Waals surface area contributed by atoms with Gasteiger partial charge in [-0.05, 0) is 61.1 Å². The maximum atomic E-state index is 15.2. The minimum absolute atomic E-state index is 0.0177. The largest absolute Gasteiger partial charge is 0.488 e. The summed E-state index contributed by atoms with van der Waals surface area (Å²) in [6, 6.07) is 10.2. The number of sulfonamides is 1. The van der Waals surface area contributed by atoms with E-state index in [1.807, 2.05) is 0 Å². The van der Waals surface area contributed by atoms with Crippen molar-refractivity contribution in [3.63, 3.8) is 0 Å². The Morgan fingerprint density at radius 3 is 2.53 bits per heavy atom. The van der Waals surface area contributed by atoms with Gasteiger partial charge < -0.3 is 9.26 Å². The fraction of sp³-hybridized carbons (Fsp3) is 0.280. The molecule has 0 spiro atoms. The number of pyridine rings is 1. The van der Waals surface area contributed by atoms with E-state index in [0.29, 0.717) is 5.39 Å². The first-order valence-corrected chi connectivity index (χ1v) is 13.2. The number of alkyl halides is 3. The highest BCUT2D eigenvalue weighted by Gasteiger charge is 2.57. The standard InChI is InChI=1S/C25H19F4N3O5S/c26-19-12-21(22(37-14-2-3-14)11-17(19)16-10-18(16)25(27,28)29)32-20-5-4-15(9-13(20)1-6-24(32)33)38(34,35)31-23-7-8-36-30-23/h1,4-9,11-12,14,16,18H,2-3,10H2,(H,30,31)/t16-,18+/m1/s1. The lowest BCUT2D eigenvalue weighted by Gasteiger charge is -2.18. The number of ether oxygens (including phenoxy) is 1. The number of halogens is 4. The van der Waals surface area contributed by atoms with Crippen LogP contribution < -0.4 is 15.0 Å². The van der Waals surface area contributed by atoms with E-state index in [-0.39, 0.29) is 45.8 Å². The minimum Gasteiger partial charge on any atom is -0.488 e. The zero-order chi connectivity index (χ0) is 26.8. The van der Waals surface area contributed by atoms with Gasteiger partial charge in [0, 0.05) is 23.6 Å². The summed E-state index contributed by atoms with van der Waals surface area (Å²) in [5.74, 6) is -3.44. The van der Waals surface area contributed by atoms with Crippen molar-refractivity contribution in [1.29, 1.82) is 0 Å². The number of benzene rings is 2. The number of hydrogen-bond acceptors (Lipinski definition) is 6. The Bertz CT molecular complexity index is 1710. The topological polar surface area (TPSA) is 103 Å². The molecule has 6 rings (SSSR count). The Labute approximate surface area is 212 Å². The van der Waals surface area contributed by atoms with Gasteiger partial charge in [-0.3, -0.25) is 14.1 Å². The molecule has 38 heavy (non-hydrogen) atoms. The van der Waals surface area contributed by atoms with Crippen LogP contribution in [0.15, 0.2) is 69.0 Å². The molecule has 8 nitrogen and oxygen atoms in total. The summed E-state index contributed by atoms with van der Waals surface area (Å²) in [6.07, 6.45) is -2.17. The molecule has 2 aromatic heterocycles. The minimum atomic E-state index is -4.43. The Balaban J connectivity index is 1.45. The van der Waals surface area contributed by atoms with Crippen LogP contribution in [0.25, 0.3) is 16.6 Å². The van der Waals surface area contributed by atoms with Crippen LogP contribution in [0.2, 0.25) is 0 Å². The van der Waals surface area contributed by atoms with Gasteiger partial charge >= 0.3 is 6.18 Å². The van der Waals surface area contributed by atoms with Crippen molar-refractivity contribution in [3.8, 4) is 11.4 Å². The summed E-state index contributed by atoms with van der Waals surface area (Å²) in [4.78, 5) is 12.9. The van der Waals surface area contributed by atoms with Crippen molar-refractivity contribution in [1.82, 2.24) is 9.72 Å². The average molecular weight is 550 g/mol. The summed E-state index contributed by atoms with van der Waals surface area (Å²) in [6.45, 7) is 0. The number of nitrogens with zero attached hydrogens (tertiary/aromatic N) is 2. The molecule has 0 amide bonds. The normalized spacial score (nSPS) is 19.5. The fourth-order valence-corrected chi connectivity index (χ4v) is 5.51. The van der Waals surface area contributed by atoms with Crippen LogP contribution in [-0.2, 0) is 10.0 Å². The van der Waals surface area contributed by atoms with Gasteiger partial charge in [0.2, 0.25) is 0 Å². The highest BCUT2D eigenvalue weighted by atomic mass is 32.2. The number of hydrogen-bond donors (Lipinski definition) is 1. The highest BCUT2D eigenvalue weighted by Crippen LogP contribution is 2.57. The Morgan fingerprint density at radius 2 is 1.87 bits per heavy atom. The Morgan fingerprint density at radius 1 is 1.08 bits per heavy atom. The highest BCUT2D eigenvalue weighted by molar-refractivity contribution is 7.92. The van der Waals surface area contributed by atoms with E-state index in [9.17, 15) is 26.4 Å². The number of anilines is 1. The van der Waals surface area contributed by atoms with E-state index in [1.54, 1.807) is 0 Å². The van der Waals surface area contributed by atoms with E-state index in [1.165, 1.54) is 48.7 Å². The molecule has 0 unspecified atom stereocenters. The molecule has 13 heteroatoms. The third-order valence-electron chi connectivity index (χ3n) is 6.60. The smallest absolute Gasteiger partial charge is 0.392 e. The SMILES string of the molecule is O=c1ccc2cc(S(=O)(=O)Nc3ccon3)ccc2n1-c1cc(F)c([C@H]2C[C@@H]2C(F)(F)F)cc1OC1CC1. The van der Waals surface area contributed by atoms with Gasteiger partial charge in [-0.15, -0.1) is 0 Å². The second-order valence-electron chi connectivity index (χ2n) is 9.37. The third kappa shape index (κ3) is 4.51. The van der Waals surface area contributed by atoms with Gasteiger partial charge in [-0.25, -0.2) is 12.8 Å². The van der Waals surface area contributed by atoms with Crippen molar-refractivity contribution in [2.24, 2.45) is 5.92 Å². The van der Waals surface area contributed by atoms with E-state index in [2.05, 4.69) is 14.4 Å². The number of fused-ring (bicyclic) bond motifs is 1. The lowest BCUT2D eigenvalue weighted by atomic mass is 10.1. The van der Waals surface area contributed by atoms with E-state index >= 15 is 4.39 Å².